The van der Waals surface area contributed by atoms with Crippen LogP contribution in [0, 0.1) is 5.82 Å². The highest BCUT2D eigenvalue weighted by Gasteiger charge is 2.03. The van der Waals surface area contributed by atoms with Crippen LogP contribution in [-0.4, -0.2) is 26.2 Å². The summed E-state index contributed by atoms with van der Waals surface area (Å²) in [6.07, 6.45) is 3.50. The van der Waals surface area contributed by atoms with Crippen LogP contribution in [0.4, 0.5) is 10.1 Å². The zero-order valence-corrected chi connectivity index (χ0v) is 11.7. The van der Waals surface area contributed by atoms with E-state index < -0.39 is 0 Å². The second-order valence-electron chi connectivity index (χ2n) is 4.90. The van der Waals surface area contributed by atoms with Gasteiger partial charge in [-0.25, -0.2) is 4.39 Å². The fourth-order valence-corrected chi connectivity index (χ4v) is 1.95. The molecule has 0 saturated heterocycles. The molecule has 1 aromatic rings. The Hall–Kier alpha value is -1.09. The smallest absolute Gasteiger partial charge is 0.123 e. The number of hydrogen-bond donors (Lipinski definition) is 1. The number of hydrogen-bond acceptors (Lipinski definition) is 2. The van der Waals surface area contributed by atoms with Crippen molar-refractivity contribution in [2.24, 2.45) is 0 Å². The fraction of sp³-hybridized carbons (Fsp3) is 0.600. The Bertz CT molecular complexity index is 324. The fourth-order valence-electron chi connectivity index (χ4n) is 1.95. The van der Waals surface area contributed by atoms with E-state index in [0.717, 1.165) is 25.2 Å². The van der Waals surface area contributed by atoms with Gasteiger partial charge in [0.2, 0.25) is 0 Å². The molecule has 0 aromatic heterocycles. The highest BCUT2D eigenvalue weighted by molar-refractivity contribution is 5.45. The molecule has 1 aromatic carbocycles. The Morgan fingerprint density at radius 1 is 1.28 bits per heavy atom. The second kappa shape index (κ2) is 8.09. The molecule has 0 saturated carbocycles. The first-order chi connectivity index (χ1) is 8.63. The molecule has 18 heavy (non-hydrogen) atoms. The molecule has 0 fully saturated rings. The molecule has 0 amide bonds. The van der Waals surface area contributed by atoms with Crippen molar-refractivity contribution < 1.29 is 4.39 Å². The molecule has 0 aliphatic rings. The molecular formula is C15H25FN2. The predicted molar refractivity (Wildman–Crippen MR) is 76.7 cm³/mol. The van der Waals surface area contributed by atoms with Gasteiger partial charge in [-0.1, -0.05) is 6.92 Å². The zero-order chi connectivity index (χ0) is 13.4. The average molecular weight is 252 g/mol. The van der Waals surface area contributed by atoms with Gasteiger partial charge in [-0.3, -0.25) is 0 Å². The Kier molecular flexibility index (Phi) is 6.73. The molecule has 1 N–H and O–H groups in total. The summed E-state index contributed by atoms with van der Waals surface area (Å²) in [5.74, 6) is -0.176. The minimum atomic E-state index is -0.176. The van der Waals surface area contributed by atoms with Gasteiger partial charge in [0.15, 0.2) is 0 Å². The first-order valence-electron chi connectivity index (χ1n) is 6.83. The van der Waals surface area contributed by atoms with Crippen LogP contribution in [0.5, 0.6) is 0 Å². The van der Waals surface area contributed by atoms with Crippen molar-refractivity contribution in [3.05, 3.63) is 30.1 Å². The zero-order valence-electron chi connectivity index (χ0n) is 11.7. The molecule has 0 aliphatic heterocycles. The lowest BCUT2D eigenvalue weighted by atomic mass is 10.1. The monoisotopic (exact) mass is 252 g/mol. The van der Waals surface area contributed by atoms with E-state index in [-0.39, 0.29) is 5.82 Å². The summed E-state index contributed by atoms with van der Waals surface area (Å²) < 4.78 is 12.8. The predicted octanol–water partition coefficient (Wildman–Crippen LogP) is 3.43. The van der Waals surface area contributed by atoms with Gasteiger partial charge in [0.1, 0.15) is 5.82 Å². The van der Waals surface area contributed by atoms with Gasteiger partial charge in [-0.2, -0.15) is 0 Å². The third-order valence-electron chi connectivity index (χ3n) is 3.14. The van der Waals surface area contributed by atoms with Crippen LogP contribution in [0.2, 0.25) is 0 Å². The van der Waals surface area contributed by atoms with Crippen molar-refractivity contribution in [3.8, 4) is 0 Å². The maximum Gasteiger partial charge on any atom is 0.123 e. The molecule has 102 valence electrons. The van der Waals surface area contributed by atoms with E-state index in [9.17, 15) is 4.39 Å². The standard InChI is InChI=1S/C15H25FN2/c1-4-11-17-13(2)6-5-12-18(3)15-9-7-14(16)8-10-15/h7-10,13,17H,4-6,11-12H2,1-3H3. The summed E-state index contributed by atoms with van der Waals surface area (Å²) in [6, 6.07) is 7.25. The van der Waals surface area contributed by atoms with Crippen LogP contribution in [0.1, 0.15) is 33.1 Å². The van der Waals surface area contributed by atoms with Gasteiger partial charge in [0, 0.05) is 25.3 Å². The van der Waals surface area contributed by atoms with Crippen molar-refractivity contribution in [2.75, 3.05) is 25.0 Å². The summed E-state index contributed by atoms with van der Waals surface area (Å²) in [7, 11) is 2.05. The van der Waals surface area contributed by atoms with Crippen molar-refractivity contribution >= 4 is 5.69 Å². The van der Waals surface area contributed by atoms with Crippen LogP contribution in [0.3, 0.4) is 0 Å². The van der Waals surface area contributed by atoms with Gasteiger partial charge in [0.25, 0.3) is 0 Å². The number of benzene rings is 1. The Morgan fingerprint density at radius 2 is 1.94 bits per heavy atom. The quantitative estimate of drug-likeness (QED) is 0.762. The van der Waals surface area contributed by atoms with E-state index in [4.69, 9.17) is 0 Å². The van der Waals surface area contributed by atoms with E-state index in [1.165, 1.54) is 25.0 Å². The number of nitrogens with one attached hydrogen (secondary N) is 1. The summed E-state index contributed by atoms with van der Waals surface area (Å²) in [5.41, 5.74) is 1.07. The van der Waals surface area contributed by atoms with Gasteiger partial charge < -0.3 is 10.2 Å². The normalized spacial score (nSPS) is 12.4. The average Bonchev–Trinajstić information content (AvgIpc) is 2.37. The third-order valence-corrected chi connectivity index (χ3v) is 3.14. The summed E-state index contributed by atoms with van der Waals surface area (Å²) in [6.45, 7) is 6.51. The number of halogens is 1. The lowest BCUT2D eigenvalue weighted by Gasteiger charge is -2.20. The van der Waals surface area contributed by atoms with E-state index in [2.05, 4.69) is 31.1 Å². The first kappa shape index (κ1) is 15.0. The minimum Gasteiger partial charge on any atom is -0.375 e. The van der Waals surface area contributed by atoms with E-state index in [1.807, 2.05) is 12.1 Å². The highest BCUT2D eigenvalue weighted by atomic mass is 19.1. The van der Waals surface area contributed by atoms with Gasteiger partial charge in [0.05, 0.1) is 0 Å². The number of rotatable bonds is 8. The molecule has 0 spiro atoms. The molecule has 0 bridgehead atoms. The van der Waals surface area contributed by atoms with Gasteiger partial charge >= 0.3 is 0 Å². The van der Waals surface area contributed by atoms with Crippen LogP contribution >= 0.6 is 0 Å². The topological polar surface area (TPSA) is 15.3 Å². The molecule has 0 aliphatic carbocycles. The van der Waals surface area contributed by atoms with Crippen molar-refractivity contribution in [2.45, 2.75) is 39.2 Å². The summed E-state index contributed by atoms with van der Waals surface area (Å²) in [5, 5.41) is 3.49. The molecule has 1 rings (SSSR count). The molecule has 1 unspecified atom stereocenters. The highest BCUT2D eigenvalue weighted by Crippen LogP contribution is 2.13. The molecule has 0 radical (unpaired) electrons. The lowest BCUT2D eigenvalue weighted by molar-refractivity contribution is 0.499. The largest absolute Gasteiger partial charge is 0.375 e. The number of nitrogens with zero attached hydrogens (tertiary/aromatic N) is 1. The van der Waals surface area contributed by atoms with Crippen molar-refractivity contribution in [3.63, 3.8) is 0 Å². The summed E-state index contributed by atoms with van der Waals surface area (Å²) in [4.78, 5) is 2.17. The van der Waals surface area contributed by atoms with Crippen LogP contribution in [-0.2, 0) is 0 Å². The van der Waals surface area contributed by atoms with E-state index >= 15 is 0 Å². The van der Waals surface area contributed by atoms with E-state index in [1.54, 1.807) is 0 Å². The number of anilines is 1. The Morgan fingerprint density at radius 3 is 2.56 bits per heavy atom. The van der Waals surface area contributed by atoms with Crippen LogP contribution in [0.25, 0.3) is 0 Å². The maximum atomic E-state index is 12.8. The Labute approximate surface area is 110 Å². The Balaban J connectivity index is 2.24. The lowest BCUT2D eigenvalue weighted by Crippen LogP contribution is -2.28. The second-order valence-corrected chi connectivity index (χ2v) is 4.90. The van der Waals surface area contributed by atoms with Crippen molar-refractivity contribution in [1.82, 2.24) is 5.32 Å². The molecule has 0 heterocycles. The third kappa shape index (κ3) is 5.50. The maximum absolute atomic E-state index is 12.8. The van der Waals surface area contributed by atoms with Crippen LogP contribution in [0.15, 0.2) is 24.3 Å². The molecule has 3 heteroatoms. The molecule has 1 atom stereocenters. The van der Waals surface area contributed by atoms with Gasteiger partial charge in [-0.15, -0.1) is 0 Å². The van der Waals surface area contributed by atoms with Gasteiger partial charge in [-0.05, 0) is 57.0 Å². The SMILES string of the molecule is CCCNC(C)CCCN(C)c1ccc(F)cc1. The molecular weight excluding hydrogens is 227 g/mol. The van der Waals surface area contributed by atoms with Crippen molar-refractivity contribution in [1.29, 1.82) is 0 Å². The van der Waals surface area contributed by atoms with E-state index in [0.29, 0.717) is 6.04 Å². The minimum absolute atomic E-state index is 0.176. The first-order valence-corrected chi connectivity index (χ1v) is 6.83. The molecule has 2 nitrogen and oxygen atoms in total. The van der Waals surface area contributed by atoms with Crippen LogP contribution < -0.4 is 10.2 Å². The summed E-state index contributed by atoms with van der Waals surface area (Å²) >= 11 is 0.